The lowest BCUT2D eigenvalue weighted by Crippen LogP contribution is -2.30. The molecule has 1 amide bonds. The van der Waals surface area contributed by atoms with Crippen molar-refractivity contribution in [2.45, 2.75) is 19.3 Å². The third-order valence-electron chi connectivity index (χ3n) is 3.05. The molecule has 0 saturated heterocycles. The Morgan fingerprint density at radius 2 is 2.31 bits per heavy atom. The van der Waals surface area contributed by atoms with Gasteiger partial charge in [-0.15, -0.1) is 11.6 Å². The highest BCUT2D eigenvalue weighted by molar-refractivity contribution is 6.17. The number of aromatic nitrogens is 2. The molecule has 1 aliphatic carbocycles. The molecule has 0 radical (unpaired) electrons. The molecule has 1 heterocycles. The molecule has 0 aliphatic heterocycles. The van der Waals surface area contributed by atoms with E-state index in [1.807, 2.05) is 0 Å². The molecule has 0 spiro atoms. The Kier molecular flexibility index (Phi) is 3.39. The van der Waals surface area contributed by atoms with Gasteiger partial charge in [-0.2, -0.15) is 10.2 Å². The van der Waals surface area contributed by atoms with Crippen LogP contribution in [0.5, 0.6) is 0 Å². The molecule has 16 heavy (non-hydrogen) atoms. The Bertz CT molecular complexity index is 365. The molecule has 0 unspecified atom stereocenters. The van der Waals surface area contributed by atoms with Crippen molar-refractivity contribution in [2.75, 3.05) is 12.4 Å². The van der Waals surface area contributed by atoms with E-state index >= 15 is 0 Å². The highest BCUT2D eigenvalue weighted by Gasteiger charge is 2.41. The molecule has 2 rings (SSSR count). The van der Waals surface area contributed by atoms with Gasteiger partial charge in [0.2, 0.25) is 0 Å². The van der Waals surface area contributed by atoms with Gasteiger partial charge in [-0.25, -0.2) is 0 Å². The summed E-state index contributed by atoms with van der Waals surface area (Å²) in [7, 11) is 0. The molecular weight excluding hydrogens is 226 g/mol. The van der Waals surface area contributed by atoms with Gasteiger partial charge in [0.1, 0.15) is 0 Å². The van der Waals surface area contributed by atoms with Crippen LogP contribution in [0.2, 0.25) is 0 Å². The fraction of sp³-hybridized carbons (Fsp3) is 0.545. The van der Waals surface area contributed by atoms with Gasteiger partial charge in [0.05, 0.1) is 18.0 Å². The molecule has 1 saturated carbocycles. The van der Waals surface area contributed by atoms with Gasteiger partial charge < -0.3 is 5.32 Å². The van der Waals surface area contributed by atoms with Gasteiger partial charge in [-0.1, -0.05) is 0 Å². The van der Waals surface area contributed by atoms with E-state index in [0.29, 0.717) is 18.0 Å². The minimum Gasteiger partial charge on any atom is -0.351 e. The number of hydrogen-bond acceptors (Lipinski definition) is 3. The van der Waals surface area contributed by atoms with Gasteiger partial charge in [0.15, 0.2) is 0 Å². The normalized spacial score (nSPS) is 16.8. The number of carbonyl (C=O) groups is 1. The summed E-state index contributed by atoms with van der Waals surface area (Å²) in [6, 6.07) is 1.66. The van der Waals surface area contributed by atoms with Crippen LogP contribution in [-0.2, 0) is 0 Å². The molecule has 0 atom stereocenters. The monoisotopic (exact) mass is 239 g/mol. The van der Waals surface area contributed by atoms with Crippen LogP contribution < -0.4 is 5.32 Å². The summed E-state index contributed by atoms with van der Waals surface area (Å²) in [6.07, 6.45) is 6.28. The van der Waals surface area contributed by atoms with Crippen molar-refractivity contribution in [1.29, 1.82) is 0 Å². The largest absolute Gasteiger partial charge is 0.351 e. The van der Waals surface area contributed by atoms with Crippen molar-refractivity contribution >= 4 is 17.5 Å². The van der Waals surface area contributed by atoms with Crippen LogP contribution >= 0.6 is 11.6 Å². The van der Waals surface area contributed by atoms with Crippen LogP contribution in [0.1, 0.15) is 29.6 Å². The fourth-order valence-corrected chi connectivity index (χ4v) is 2.09. The first kappa shape index (κ1) is 11.3. The second-order valence-electron chi connectivity index (χ2n) is 4.25. The quantitative estimate of drug-likeness (QED) is 0.795. The summed E-state index contributed by atoms with van der Waals surface area (Å²) >= 11 is 5.73. The van der Waals surface area contributed by atoms with Crippen molar-refractivity contribution in [3.8, 4) is 0 Å². The van der Waals surface area contributed by atoms with Gasteiger partial charge in [0.25, 0.3) is 5.91 Å². The maximum atomic E-state index is 11.7. The standard InChI is InChI=1S/C11H14ClN3O/c12-5-4-11(2-3-11)8-13-10(16)9-1-6-14-15-7-9/h1,6-7H,2-5,8H2,(H,13,16). The summed E-state index contributed by atoms with van der Waals surface area (Å²) in [6.45, 7) is 0.709. The Morgan fingerprint density at radius 3 is 2.88 bits per heavy atom. The second-order valence-corrected chi connectivity index (χ2v) is 4.63. The maximum Gasteiger partial charge on any atom is 0.252 e. The van der Waals surface area contributed by atoms with Crippen molar-refractivity contribution < 1.29 is 4.79 Å². The summed E-state index contributed by atoms with van der Waals surface area (Å²) in [4.78, 5) is 11.7. The van der Waals surface area contributed by atoms with Crippen LogP contribution in [0.3, 0.4) is 0 Å². The first-order valence-electron chi connectivity index (χ1n) is 5.37. The van der Waals surface area contributed by atoms with Gasteiger partial charge in [-0.05, 0) is 30.7 Å². The zero-order valence-electron chi connectivity index (χ0n) is 8.95. The van der Waals surface area contributed by atoms with Gasteiger partial charge in [-0.3, -0.25) is 4.79 Å². The van der Waals surface area contributed by atoms with Crippen molar-refractivity contribution in [2.24, 2.45) is 5.41 Å². The van der Waals surface area contributed by atoms with E-state index in [-0.39, 0.29) is 11.3 Å². The molecule has 1 fully saturated rings. The Hall–Kier alpha value is -1.16. The van der Waals surface area contributed by atoms with E-state index in [4.69, 9.17) is 11.6 Å². The molecule has 4 nitrogen and oxygen atoms in total. The zero-order valence-corrected chi connectivity index (χ0v) is 9.70. The zero-order chi connectivity index (χ0) is 11.4. The van der Waals surface area contributed by atoms with Crippen LogP contribution in [0.4, 0.5) is 0 Å². The molecular formula is C11H14ClN3O. The first-order chi connectivity index (χ1) is 7.76. The average molecular weight is 240 g/mol. The molecule has 1 aromatic rings. The number of amides is 1. The molecule has 1 aliphatic rings. The highest BCUT2D eigenvalue weighted by Crippen LogP contribution is 2.48. The fourth-order valence-electron chi connectivity index (χ4n) is 1.69. The van der Waals surface area contributed by atoms with E-state index in [1.54, 1.807) is 6.07 Å². The van der Waals surface area contributed by atoms with E-state index in [2.05, 4.69) is 15.5 Å². The molecule has 1 N–H and O–H groups in total. The summed E-state index contributed by atoms with van der Waals surface area (Å²) in [5.74, 6) is 0.572. The number of alkyl halides is 1. The summed E-state index contributed by atoms with van der Waals surface area (Å²) in [5.41, 5.74) is 0.814. The van der Waals surface area contributed by atoms with E-state index in [0.717, 1.165) is 19.3 Å². The van der Waals surface area contributed by atoms with Crippen LogP contribution in [0.15, 0.2) is 18.5 Å². The lowest BCUT2D eigenvalue weighted by molar-refractivity contribution is 0.0944. The van der Waals surface area contributed by atoms with Crippen LogP contribution in [-0.4, -0.2) is 28.5 Å². The molecule has 0 aromatic carbocycles. The third-order valence-corrected chi connectivity index (χ3v) is 3.24. The molecule has 1 aromatic heterocycles. The number of carbonyl (C=O) groups excluding carboxylic acids is 1. The van der Waals surface area contributed by atoms with Crippen molar-refractivity contribution in [3.63, 3.8) is 0 Å². The van der Waals surface area contributed by atoms with Crippen molar-refractivity contribution in [1.82, 2.24) is 15.5 Å². The Balaban J connectivity index is 1.85. The average Bonchev–Trinajstić information content (AvgIpc) is 3.08. The number of nitrogens with zero attached hydrogens (tertiary/aromatic N) is 2. The number of hydrogen-bond donors (Lipinski definition) is 1. The minimum atomic E-state index is -0.0873. The lowest BCUT2D eigenvalue weighted by atomic mass is 10.0. The van der Waals surface area contributed by atoms with Crippen LogP contribution in [0.25, 0.3) is 0 Å². The van der Waals surface area contributed by atoms with Gasteiger partial charge in [0, 0.05) is 12.4 Å². The third kappa shape index (κ3) is 2.70. The number of rotatable bonds is 5. The smallest absolute Gasteiger partial charge is 0.252 e. The van der Waals surface area contributed by atoms with E-state index < -0.39 is 0 Å². The summed E-state index contributed by atoms with van der Waals surface area (Å²) in [5, 5.41) is 10.2. The SMILES string of the molecule is O=C(NCC1(CCCl)CC1)c1ccnnc1. The van der Waals surface area contributed by atoms with Gasteiger partial charge >= 0.3 is 0 Å². The molecule has 86 valence electrons. The van der Waals surface area contributed by atoms with E-state index in [9.17, 15) is 4.79 Å². The maximum absolute atomic E-state index is 11.7. The minimum absolute atomic E-state index is 0.0873. The van der Waals surface area contributed by atoms with E-state index in [1.165, 1.54) is 12.4 Å². The predicted molar refractivity (Wildman–Crippen MR) is 61.4 cm³/mol. The second kappa shape index (κ2) is 4.78. The topological polar surface area (TPSA) is 54.9 Å². The Morgan fingerprint density at radius 1 is 1.50 bits per heavy atom. The number of halogens is 1. The van der Waals surface area contributed by atoms with Crippen molar-refractivity contribution in [3.05, 3.63) is 24.0 Å². The summed E-state index contributed by atoms with van der Waals surface area (Å²) < 4.78 is 0. The molecule has 0 bridgehead atoms. The highest BCUT2D eigenvalue weighted by atomic mass is 35.5. The predicted octanol–water partition coefficient (Wildman–Crippen LogP) is 1.62. The lowest BCUT2D eigenvalue weighted by Gasteiger charge is -2.14. The first-order valence-corrected chi connectivity index (χ1v) is 5.90. The van der Waals surface area contributed by atoms with Crippen LogP contribution in [0, 0.1) is 5.41 Å². The molecule has 5 heteroatoms. The Labute approximate surface area is 99.4 Å². The number of nitrogens with one attached hydrogen (secondary N) is 1.